The van der Waals surface area contributed by atoms with Gasteiger partial charge >= 0.3 is 0 Å². The minimum atomic E-state index is -3.23. The minimum Gasteiger partial charge on any atom is -0.347 e. The Bertz CT molecular complexity index is 986. The van der Waals surface area contributed by atoms with Crippen LogP contribution in [0.25, 0.3) is 0 Å². The number of rotatable bonds is 4. The predicted molar refractivity (Wildman–Crippen MR) is 101 cm³/mol. The number of nitriles is 1. The van der Waals surface area contributed by atoms with Gasteiger partial charge in [-0.1, -0.05) is 36.0 Å². The van der Waals surface area contributed by atoms with Gasteiger partial charge in [0.1, 0.15) is 6.07 Å². The molecule has 0 aromatic heterocycles. The van der Waals surface area contributed by atoms with Gasteiger partial charge in [-0.25, -0.2) is 8.42 Å². The molecule has 1 N–H and O–H groups in total. The van der Waals surface area contributed by atoms with Crippen LogP contribution in [0.15, 0.2) is 58.3 Å². The summed E-state index contributed by atoms with van der Waals surface area (Å²) in [6.07, 6.45) is 0. The highest BCUT2D eigenvalue weighted by Crippen LogP contribution is 2.32. The van der Waals surface area contributed by atoms with E-state index in [1.54, 1.807) is 36.4 Å². The van der Waals surface area contributed by atoms with Crippen molar-refractivity contribution in [3.05, 3.63) is 59.7 Å². The zero-order chi connectivity index (χ0) is 18.7. The molecule has 0 spiro atoms. The summed E-state index contributed by atoms with van der Waals surface area (Å²) >= 11 is 7.39. The smallest absolute Gasteiger partial charge is 0.252 e. The Labute approximate surface area is 161 Å². The summed E-state index contributed by atoms with van der Waals surface area (Å²) < 4.78 is 23.4. The second kappa shape index (κ2) is 7.70. The van der Waals surface area contributed by atoms with Crippen molar-refractivity contribution >= 4 is 39.1 Å². The molecule has 1 amide bonds. The fourth-order valence-corrected chi connectivity index (χ4v) is 6.27. The summed E-state index contributed by atoms with van der Waals surface area (Å²) in [5.41, 5.74) is 0.939. The van der Waals surface area contributed by atoms with Crippen molar-refractivity contribution in [2.75, 3.05) is 11.5 Å². The SMILES string of the molecule is N#Cc1ccccc1Sc1ccccc1C(=O)N[C@H]1CS(=O)(=O)C[C@H]1Cl. The van der Waals surface area contributed by atoms with Crippen LogP contribution in [-0.2, 0) is 9.84 Å². The third-order valence-electron chi connectivity index (χ3n) is 3.96. The van der Waals surface area contributed by atoms with Crippen LogP contribution in [0.1, 0.15) is 15.9 Å². The van der Waals surface area contributed by atoms with Crippen LogP contribution in [0, 0.1) is 11.3 Å². The topological polar surface area (TPSA) is 87.0 Å². The van der Waals surface area contributed by atoms with Crippen molar-refractivity contribution in [1.29, 1.82) is 5.26 Å². The summed E-state index contributed by atoms with van der Waals surface area (Å²) in [6, 6.07) is 15.7. The van der Waals surface area contributed by atoms with Gasteiger partial charge in [-0.3, -0.25) is 4.79 Å². The Hall–Kier alpha value is -2.01. The number of hydrogen-bond acceptors (Lipinski definition) is 5. The molecule has 5 nitrogen and oxygen atoms in total. The maximum Gasteiger partial charge on any atom is 0.252 e. The number of benzene rings is 2. The molecular weight excluding hydrogens is 392 g/mol. The summed E-state index contributed by atoms with van der Waals surface area (Å²) in [7, 11) is -3.23. The molecule has 3 rings (SSSR count). The lowest BCUT2D eigenvalue weighted by Crippen LogP contribution is -2.40. The van der Waals surface area contributed by atoms with E-state index in [2.05, 4.69) is 11.4 Å². The van der Waals surface area contributed by atoms with Crippen LogP contribution in [-0.4, -0.2) is 37.2 Å². The number of carbonyl (C=O) groups excluding carboxylic acids is 1. The summed E-state index contributed by atoms with van der Waals surface area (Å²) in [5, 5.41) is 11.3. The first-order chi connectivity index (χ1) is 12.4. The molecule has 0 radical (unpaired) electrons. The number of amides is 1. The number of halogens is 1. The Morgan fingerprint density at radius 2 is 1.77 bits per heavy atom. The van der Waals surface area contributed by atoms with Gasteiger partial charge in [0.15, 0.2) is 9.84 Å². The van der Waals surface area contributed by atoms with E-state index in [9.17, 15) is 18.5 Å². The third kappa shape index (κ3) is 4.21. The number of carbonyl (C=O) groups is 1. The summed E-state index contributed by atoms with van der Waals surface area (Å²) in [4.78, 5) is 14.1. The molecule has 8 heteroatoms. The van der Waals surface area contributed by atoms with Crippen LogP contribution >= 0.6 is 23.4 Å². The van der Waals surface area contributed by atoms with E-state index < -0.39 is 21.3 Å². The van der Waals surface area contributed by atoms with Crippen molar-refractivity contribution in [3.8, 4) is 6.07 Å². The number of nitrogens with zero attached hydrogens (tertiary/aromatic N) is 1. The Morgan fingerprint density at radius 1 is 1.12 bits per heavy atom. The summed E-state index contributed by atoms with van der Waals surface area (Å²) in [5.74, 6) is -0.666. The molecule has 0 saturated carbocycles. The van der Waals surface area contributed by atoms with Gasteiger partial charge in [-0.2, -0.15) is 5.26 Å². The Balaban J connectivity index is 1.83. The molecule has 0 unspecified atom stereocenters. The highest BCUT2D eigenvalue weighted by molar-refractivity contribution is 7.99. The quantitative estimate of drug-likeness (QED) is 0.789. The van der Waals surface area contributed by atoms with Crippen LogP contribution < -0.4 is 5.32 Å². The highest BCUT2D eigenvalue weighted by Gasteiger charge is 2.37. The number of nitrogens with one attached hydrogen (secondary N) is 1. The standard InChI is InChI=1S/C18H15ClN2O3S2/c19-14-10-26(23,24)11-15(14)21-18(22)13-6-2-4-8-17(13)25-16-7-3-1-5-12(16)9-20/h1-8,14-15H,10-11H2,(H,21,22)/t14-,15+/m1/s1. The molecule has 26 heavy (non-hydrogen) atoms. The van der Waals surface area contributed by atoms with Gasteiger partial charge in [0.2, 0.25) is 0 Å². The van der Waals surface area contributed by atoms with Crippen molar-refractivity contribution in [3.63, 3.8) is 0 Å². The second-order valence-corrected chi connectivity index (χ2v) is 9.68. The van der Waals surface area contributed by atoms with E-state index in [1.165, 1.54) is 11.8 Å². The molecule has 0 bridgehead atoms. The van der Waals surface area contributed by atoms with Gasteiger partial charge in [0.05, 0.1) is 34.1 Å². The van der Waals surface area contributed by atoms with Gasteiger partial charge in [0.25, 0.3) is 5.91 Å². The maximum atomic E-state index is 12.7. The molecule has 0 aliphatic carbocycles. The first kappa shape index (κ1) is 18.8. The van der Waals surface area contributed by atoms with E-state index in [0.717, 1.165) is 4.90 Å². The fourth-order valence-electron chi connectivity index (χ4n) is 2.69. The third-order valence-corrected chi connectivity index (χ3v) is 7.49. The second-order valence-electron chi connectivity index (χ2n) is 5.88. The van der Waals surface area contributed by atoms with E-state index in [-0.39, 0.29) is 17.4 Å². The van der Waals surface area contributed by atoms with Crippen LogP contribution in [0.3, 0.4) is 0 Å². The molecule has 2 aromatic rings. The molecule has 1 fully saturated rings. The largest absolute Gasteiger partial charge is 0.347 e. The monoisotopic (exact) mass is 406 g/mol. The number of alkyl halides is 1. The van der Waals surface area contributed by atoms with Gasteiger partial charge in [0, 0.05) is 9.79 Å². The zero-order valence-corrected chi connectivity index (χ0v) is 15.9. The van der Waals surface area contributed by atoms with Crippen LogP contribution in [0.5, 0.6) is 0 Å². The first-order valence-electron chi connectivity index (χ1n) is 7.81. The van der Waals surface area contributed by atoms with E-state index in [1.807, 2.05) is 12.1 Å². The molecule has 2 aromatic carbocycles. The average Bonchev–Trinajstić information content (AvgIpc) is 2.87. The molecule has 134 valence electrons. The number of hydrogen-bond donors (Lipinski definition) is 1. The normalized spacial score (nSPS) is 21.1. The Morgan fingerprint density at radius 3 is 2.42 bits per heavy atom. The van der Waals surface area contributed by atoms with E-state index in [4.69, 9.17) is 11.6 Å². The van der Waals surface area contributed by atoms with Crippen molar-refractivity contribution in [1.82, 2.24) is 5.32 Å². The lowest BCUT2D eigenvalue weighted by molar-refractivity contribution is 0.0938. The van der Waals surface area contributed by atoms with Crippen molar-refractivity contribution < 1.29 is 13.2 Å². The molecule has 1 heterocycles. The zero-order valence-electron chi connectivity index (χ0n) is 13.6. The van der Waals surface area contributed by atoms with Gasteiger partial charge in [-0.15, -0.1) is 11.6 Å². The van der Waals surface area contributed by atoms with Gasteiger partial charge < -0.3 is 5.32 Å². The lowest BCUT2D eigenvalue weighted by atomic mass is 10.2. The molecular formula is C18H15ClN2O3S2. The predicted octanol–water partition coefficient (Wildman–Crippen LogP) is 2.84. The molecule has 2 atom stereocenters. The van der Waals surface area contributed by atoms with Crippen molar-refractivity contribution in [2.24, 2.45) is 0 Å². The highest BCUT2D eigenvalue weighted by atomic mass is 35.5. The number of sulfone groups is 1. The van der Waals surface area contributed by atoms with Crippen molar-refractivity contribution in [2.45, 2.75) is 21.2 Å². The molecule has 1 aliphatic rings. The average molecular weight is 407 g/mol. The van der Waals surface area contributed by atoms with Gasteiger partial charge in [-0.05, 0) is 24.3 Å². The first-order valence-corrected chi connectivity index (χ1v) is 10.9. The summed E-state index contributed by atoms with van der Waals surface area (Å²) in [6.45, 7) is 0. The fraction of sp³-hybridized carbons (Fsp3) is 0.222. The van der Waals surface area contributed by atoms with E-state index in [0.29, 0.717) is 16.0 Å². The lowest BCUT2D eigenvalue weighted by Gasteiger charge is -2.16. The van der Waals surface area contributed by atoms with E-state index >= 15 is 0 Å². The molecule has 1 saturated heterocycles. The van der Waals surface area contributed by atoms with Crippen LogP contribution in [0.4, 0.5) is 0 Å². The molecule has 1 aliphatic heterocycles. The minimum absolute atomic E-state index is 0.133. The van der Waals surface area contributed by atoms with Crippen LogP contribution in [0.2, 0.25) is 0 Å². The maximum absolute atomic E-state index is 12.7. The Kier molecular flexibility index (Phi) is 5.56.